The molecule has 0 radical (unpaired) electrons. The van der Waals surface area contributed by atoms with E-state index in [4.69, 9.17) is 9.72 Å². The minimum absolute atomic E-state index is 0.0296. The van der Waals surface area contributed by atoms with E-state index >= 15 is 0 Å². The number of piperidine rings is 1. The second-order valence-corrected chi connectivity index (χ2v) is 12.0. The number of benzene rings is 1. The van der Waals surface area contributed by atoms with Gasteiger partial charge in [-0.3, -0.25) is 19.7 Å². The van der Waals surface area contributed by atoms with Gasteiger partial charge in [-0.2, -0.15) is 0 Å². The molecule has 2 fully saturated rings. The van der Waals surface area contributed by atoms with Gasteiger partial charge in [0.2, 0.25) is 5.91 Å². The van der Waals surface area contributed by atoms with Gasteiger partial charge in [-0.15, -0.1) is 11.3 Å². The van der Waals surface area contributed by atoms with Crippen molar-refractivity contribution in [1.29, 1.82) is 0 Å². The van der Waals surface area contributed by atoms with E-state index in [-0.39, 0.29) is 29.8 Å². The van der Waals surface area contributed by atoms with Crippen molar-refractivity contribution in [2.75, 3.05) is 25.5 Å². The zero-order chi connectivity index (χ0) is 29.9. The summed E-state index contributed by atoms with van der Waals surface area (Å²) >= 11 is 1.49. The highest BCUT2D eigenvalue weighted by atomic mass is 32.1. The lowest BCUT2D eigenvalue weighted by Crippen LogP contribution is -2.44. The summed E-state index contributed by atoms with van der Waals surface area (Å²) in [5.74, 6) is -0.0587. The summed E-state index contributed by atoms with van der Waals surface area (Å²) in [5, 5.41) is 5.47. The molecule has 4 heterocycles. The third-order valence-corrected chi connectivity index (χ3v) is 8.97. The molecule has 3 aromatic heterocycles. The lowest BCUT2D eigenvalue weighted by molar-refractivity contribution is -0.127. The molecular formula is C32H33FN6O3S. The Labute approximate surface area is 253 Å². The van der Waals surface area contributed by atoms with E-state index in [1.165, 1.54) is 29.5 Å². The molecule has 2 N–H and O–H groups in total. The Morgan fingerprint density at radius 3 is 2.63 bits per heavy atom. The Morgan fingerprint density at radius 1 is 1.12 bits per heavy atom. The highest BCUT2D eigenvalue weighted by Gasteiger charge is 2.25. The summed E-state index contributed by atoms with van der Waals surface area (Å²) in [6.07, 6.45) is 8.72. The van der Waals surface area contributed by atoms with Crippen LogP contribution in [0, 0.1) is 5.82 Å². The van der Waals surface area contributed by atoms with Gasteiger partial charge in [0.05, 0.1) is 20.8 Å². The van der Waals surface area contributed by atoms with Gasteiger partial charge in [0, 0.05) is 69.0 Å². The number of carbonyl (C=O) groups excluding carboxylic acids is 2. The number of rotatable bonds is 9. The van der Waals surface area contributed by atoms with Crippen LogP contribution < -0.4 is 15.4 Å². The number of hydrogen-bond donors (Lipinski definition) is 2. The van der Waals surface area contributed by atoms with Crippen LogP contribution in [0.4, 0.5) is 14.9 Å². The van der Waals surface area contributed by atoms with E-state index in [0.717, 1.165) is 71.7 Å². The average molecular weight is 601 g/mol. The van der Waals surface area contributed by atoms with E-state index in [1.54, 1.807) is 23.2 Å². The Hall–Kier alpha value is -4.35. The third kappa shape index (κ3) is 6.84. The number of nitrogens with zero attached hydrogens (tertiary/aromatic N) is 4. The summed E-state index contributed by atoms with van der Waals surface area (Å²) in [6, 6.07) is 12.2. The first-order valence-corrected chi connectivity index (χ1v) is 15.2. The number of fused-ring (bicyclic) bond motifs is 1. The fraction of sp³-hybridized carbons (Fsp3) is 0.312. The van der Waals surface area contributed by atoms with Crippen LogP contribution in [0.2, 0.25) is 0 Å². The first-order valence-electron chi connectivity index (χ1n) is 14.4. The van der Waals surface area contributed by atoms with Gasteiger partial charge < -0.3 is 20.3 Å². The van der Waals surface area contributed by atoms with Crippen LogP contribution in [-0.4, -0.2) is 63.9 Å². The number of pyridine rings is 2. The van der Waals surface area contributed by atoms with Crippen LogP contribution in [0.1, 0.15) is 31.2 Å². The van der Waals surface area contributed by atoms with Crippen LogP contribution in [0.25, 0.3) is 20.8 Å². The number of likely N-dealkylation sites (N-methyl/N-ethyl adjacent to an activating group) is 1. The smallest absolute Gasteiger partial charge is 0.319 e. The van der Waals surface area contributed by atoms with E-state index in [1.807, 2.05) is 25.4 Å². The molecule has 1 saturated carbocycles. The Kier molecular flexibility index (Phi) is 8.35. The van der Waals surface area contributed by atoms with E-state index in [9.17, 15) is 14.0 Å². The van der Waals surface area contributed by atoms with Crippen molar-refractivity contribution in [3.05, 3.63) is 78.9 Å². The number of halogens is 1. The summed E-state index contributed by atoms with van der Waals surface area (Å²) in [5.41, 5.74) is 3.04. The SMILES string of the molecule is C=CC(=O)N(C)C1CCN(Cc2ccc(-c3cc4nccc(Oc5ccc(NC(=O)NC6CC6)cc5F)c4s3)nc2)CC1. The summed E-state index contributed by atoms with van der Waals surface area (Å²) < 4.78 is 21.7. The standard InChI is InChI=1S/C32H33FN6O3S/c1-3-30(40)38(2)23-11-14-39(15-12-23)19-20-4-8-25(35-18-20)29-17-26-31(43-29)28(10-13-34-26)42-27-9-7-22(16-24(27)33)37-32(41)36-21-5-6-21/h3-4,7-10,13,16-18,21,23H,1,5-6,11-12,14-15,19H2,2H3,(H2,36,37,41). The number of likely N-dealkylation sites (tertiary alicyclic amines) is 1. The summed E-state index contributed by atoms with van der Waals surface area (Å²) in [6.45, 7) is 6.22. The molecule has 1 aliphatic carbocycles. The number of thiophene rings is 1. The van der Waals surface area contributed by atoms with Crippen LogP contribution in [0.5, 0.6) is 11.5 Å². The number of hydrogen-bond acceptors (Lipinski definition) is 7. The van der Waals surface area contributed by atoms with Gasteiger partial charge in [0.1, 0.15) is 5.75 Å². The number of carbonyl (C=O) groups is 2. The lowest BCUT2D eigenvalue weighted by atomic mass is 10.0. The highest BCUT2D eigenvalue weighted by Crippen LogP contribution is 2.39. The van der Waals surface area contributed by atoms with Gasteiger partial charge in [-0.1, -0.05) is 12.6 Å². The monoisotopic (exact) mass is 600 g/mol. The maximum Gasteiger partial charge on any atom is 0.319 e. The van der Waals surface area contributed by atoms with Gasteiger partial charge in [-0.25, -0.2) is 9.18 Å². The van der Waals surface area contributed by atoms with Gasteiger partial charge in [-0.05, 0) is 61.6 Å². The number of aromatic nitrogens is 2. The van der Waals surface area contributed by atoms with E-state index in [0.29, 0.717) is 11.4 Å². The molecule has 6 rings (SSSR count). The maximum atomic E-state index is 14.9. The van der Waals surface area contributed by atoms with Gasteiger partial charge in [0.15, 0.2) is 11.6 Å². The number of ether oxygens (including phenoxy) is 1. The van der Waals surface area contributed by atoms with Gasteiger partial charge in [0.25, 0.3) is 0 Å². The van der Waals surface area contributed by atoms with E-state index in [2.05, 4.69) is 33.2 Å². The number of nitrogens with one attached hydrogen (secondary N) is 2. The first kappa shape index (κ1) is 28.8. The molecule has 2 aliphatic rings. The van der Waals surface area contributed by atoms with Crippen molar-refractivity contribution in [2.24, 2.45) is 0 Å². The van der Waals surface area contributed by atoms with Crippen molar-refractivity contribution in [2.45, 2.75) is 44.3 Å². The fourth-order valence-corrected chi connectivity index (χ4v) is 6.23. The highest BCUT2D eigenvalue weighted by molar-refractivity contribution is 7.22. The molecule has 43 heavy (non-hydrogen) atoms. The van der Waals surface area contributed by atoms with Gasteiger partial charge >= 0.3 is 6.03 Å². The summed E-state index contributed by atoms with van der Waals surface area (Å²) in [7, 11) is 1.85. The quantitative estimate of drug-likeness (QED) is 0.223. The first-order chi connectivity index (χ1) is 20.9. The number of urea groups is 1. The zero-order valence-corrected chi connectivity index (χ0v) is 24.7. The van der Waals surface area contributed by atoms with Crippen molar-refractivity contribution in [3.63, 3.8) is 0 Å². The Balaban J connectivity index is 1.09. The van der Waals surface area contributed by atoms with Crippen LogP contribution in [0.3, 0.4) is 0 Å². The second-order valence-electron chi connectivity index (χ2n) is 11.0. The number of anilines is 1. The van der Waals surface area contributed by atoms with Crippen molar-refractivity contribution < 1.29 is 18.7 Å². The predicted octanol–water partition coefficient (Wildman–Crippen LogP) is 6.18. The average Bonchev–Trinajstić information content (AvgIpc) is 3.72. The van der Waals surface area contributed by atoms with Crippen LogP contribution in [0.15, 0.2) is 67.5 Å². The zero-order valence-electron chi connectivity index (χ0n) is 23.9. The normalized spacial score (nSPS) is 15.7. The fourth-order valence-electron chi connectivity index (χ4n) is 5.19. The molecule has 1 saturated heterocycles. The largest absolute Gasteiger partial charge is 0.453 e. The molecule has 4 aromatic rings. The second kappa shape index (κ2) is 12.5. The lowest BCUT2D eigenvalue weighted by Gasteiger charge is -2.36. The molecule has 9 nitrogen and oxygen atoms in total. The minimum Gasteiger partial charge on any atom is -0.453 e. The topological polar surface area (TPSA) is 99.7 Å². The van der Waals surface area contributed by atoms with Crippen molar-refractivity contribution in [1.82, 2.24) is 25.1 Å². The molecule has 0 spiro atoms. The maximum absolute atomic E-state index is 14.9. The molecule has 0 bridgehead atoms. The van der Waals surface area contributed by atoms with Crippen molar-refractivity contribution >= 4 is 39.2 Å². The molecule has 0 unspecified atom stereocenters. The van der Waals surface area contributed by atoms with Crippen molar-refractivity contribution in [3.8, 4) is 22.1 Å². The predicted molar refractivity (Wildman–Crippen MR) is 166 cm³/mol. The molecule has 0 atom stereocenters. The molecule has 11 heteroatoms. The minimum atomic E-state index is -0.579. The molecular weight excluding hydrogens is 567 g/mol. The molecule has 3 amide bonds. The molecule has 1 aromatic carbocycles. The van der Waals surface area contributed by atoms with Crippen LogP contribution >= 0.6 is 11.3 Å². The Morgan fingerprint density at radius 2 is 1.93 bits per heavy atom. The molecule has 1 aliphatic heterocycles. The van der Waals surface area contributed by atoms with Crippen LogP contribution in [-0.2, 0) is 11.3 Å². The van der Waals surface area contributed by atoms with E-state index < -0.39 is 5.82 Å². The Bertz CT molecular complexity index is 1650. The number of amides is 3. The summed E-state index contributed by atoms with van der Waals surface area (Å²) in [4.78, 5) is 38.2. The molecule has 222 valence electrons. The third-order valence-electron chi connectivity index (χ3n) is 7.81.